The van der Waals surface area contributed by atoms with Crippen LogP contribution in [0.25, 0.3) is 0 Å². The maximum Gasteiger partial charge on any atom is 0.329 e. The first-order valence-electron chi connectivity index (χ1n) is 7.49. The fourth-order valence-corrected chi connectivity index (χ4v) is 3.00. The second-order valence-electron chi connectivity index (χ2n) is 5.84. The number of hydrogen-bond acceptors (Lipinski definition) is 3. The molecule has 0 atom stereocenters. The van der Waals surface area contributed by atoms with Gasteiger partial charge in [-0.25, -0.2) is 9.59 Å². The number of ether oxygens (including phenoxy) is 1. The number of rotatable bonds is 4. The van der Waals surface area contributed by atoms with Crippen molar-refractivity contribution in [3.05, 3.63) is 0 Å². The Morgan fingerprint density at radius 3 is 2.40 bits per heavy atom. The molecule has 0 bridgehead atoms. The molecular formula is C14H24N2O4. The van der Waals surface area contributed by atoms with Gasteiger partial charge in [0.2, 0.25) is 0 Å². The molecule has 3 N–H and O–H groups in total. The smallest absolute Gasteiger partial charge is 0.329 e. The summed E-state index contributed by atoms with van der Waals surface area (Å²) in [5, 5.41) is 14.8. The summed E-state index contributed by atoms with van der Waals surface area (Å²) in [5.41, 5.74) is -1.17. The second kappa shape index (κ2) is 6.92. The number of nitrogens with one attached hydrogen (secondary N) is 2. The predicted octanol–water partition coefficient (Wildman–Crippen LogP) is 1.50. The Morgan fingerprint density at radius 2 is 1.80 bits per heavy atom. The molecular weight excluding hydrogens is 260 g/mol. The Kier molecular flexibility index (Phi) is 5.23. The molecule has 1 saturated carbocycles. The summed E-state index contributed by atoms with van der Waals surface area (Å²) in [5.74, 6) is -0.446. The molecule has 0 unspecified atom stereocenters. The van der Waals surface area contributed by atoms with Gasteiger partial charge in [-0.05, 0) is 18.8 Å². The molecule has 20 heavy (non-hydrogen) atoms. The Balaban J connectivity index is 1.80. The summed E-state index contributed by atoms with van der Waals surface area (Å²) >= 11 is 0. The maximum absolute atomic E-state index is 11.9. The van der Waals surface area contributed by atoms with Crippen LogP contribution >= 0.6 is 0 Å². The van der Waals surface area contributed by atoms with E-state index >= 15 is 0 Å². The van der Waals surface area contributed by atoms with Crippen molar-refractivity contribution in [3.63, 3.8) is 0 Å². The molecule has 0 aromatic heterocycles. The van der Waals surface area contributed by atoms with E-state index in [4.69, 9.17) is 4.74 Å². The van der Waals surface area contributed by atoms with Crippen molar-refractivity contribution < 1.29 is 19.4 Å². The molecule has 1 saturated heterocycles. The molecule has 1 heterocycles. The zero-order chi connectivity index (χ0) is 14.4. The lowest BCUT2D eigenvalue weighted by Crippen LogP contribution is -2.59. The van der Waals surface area contributed by atoms with Crippen LogP contribution in [0.4, 0.5) is 4.79 Å². The molecule has 2 aliphatic rings. The Hall–Kier alpha value is -1.30. The number of hydrogen-bond donors (Lipinski definition) is 3. The monoisotopic (exact) mass is 284 g/mol. The first-order chi connectivity index (χ1) is 9.62. The van der Waals surface area contributed by atoms with Gasteiger partial charge in [-0.3, -0.25) is 0 Å². The normalized spacial score (nSPS) is 23.0. The third kappa shape index (κ3) is 3.85. The van der Waals surface area contributed by atoms with Gasteiger partial charge in [-0.2, -0.15) is 0 Å². The predicted molar refractivity (Wildman–Crippen MR) is 73.5 cm³/mol. The molecule has 0 aromatic rings. The highest BCUT2D eigenvalue weighted by Gasteiger charge is 2.41. The van der Waals surface area contributed by atoms with E-state index in [0.717, 1.165) is 12.8 Å². The SMILES string of the molecule is O=C(NCC1CCCCC1)NC1(C(=O)O)CCOCC1. The van der Waals surface area contributed by atoms with Crippen LogP contribution in [0.3, 0.4) is 0 Å². The summed E-state index contributed by atoms with van der Waals surface area (Å²) < 4.78 is 5.18. The number of carbonyl (C=O) groups excluding carboxylic acids is 1. The first-order valence-corrected chi connectivity index (χ1v) is 7.49. The van der Waals surface area contributed by atoms with Crippen molar-refractivity contribution in [1.82, 2.24) is 10.6 Å². The van der Waals surface area contributed by atoms with Crippen LogP contribution < -0.4 is 10.6 Å². The minimum atomic E-state index is -1.17. The third-order valence-corrected chi connectivity index (χ3v) is 4.38. The molecule has 1 aliphatic heterocycles. The second-order valence-corrected chi connectivity index (χ2v) is 5.84. The van der Waals surface area contributed by atoms with E-state index in [0.29, 0.717) is 38.5 Å². The Labute approximate surface area is 119 Å². The van der Waals surface area contributed by atoms with Gasteiger partial charge in [0.1, 0.15) is 5.54 Å². The molecule has 0 aromatic carbocycles. The fourth-order valence-electron chi connectivity index (χ4n) is 3.00. The quantitative estimate of drug-likeness (QED) is 0.730. The number of carboxylic acid groups (broad SMARTS) is 1. The number of carbonyl (C=O) groups is 2. The van der Waals surface area contributed by atoms with E-state index < -0.39 is 11.5 Å². The molecule has 1 aliphatic carbocycles. The van der Waals surface area contributed by atoms with Gasteiger partial charge in [-0.15, -0.1) is 0 Å². The number of urea groups is 1. The van der Waals surface area contributed by atoms with E-state index in [2.05, 4.69) is 10.6 Å². The Bertz CT molecular complexity index is 347. The Morgan fingerprint density at radius 1 is 1.15 bits per heavy atom. The third-order valence-electron chi connectivity index (χ3n) is 4.38. The van der Waals surface area contributed by atoms with E-state index in [9.17, 15) is 14.7 Å². The molecule has 2 fully saturated rings. The van der Waals surface area contributed by atoms with Crippen molar-refractivity contribution in [1.29, 1.82) is 0 Å². The largest absolute Gasteiger partial charge is 0.480 e. The topological polar surface area (TPSA) is 87.7 Å². The molecule has 2 rings (SSSR count). The highest BCUT2D eigenvalue weighted by molar-refractivity contribution is 5.86. The van der Waals surface area contributed by atoms with Crippen molar-refractivity contribution in [2.45, 2.75) is 50.5 Å². The zero-order valence-electron chi connectivity index (χ0n) is 11.8. The molecule has 6 heteroatoms. The maximum atomic E-state index is 11.9. The van der Waals surface area contributed by atoms with E-state index in [1.807, 2.05) is 0 Å². The molecule has 0 radical (unpaired) electrons. The number of amides is 2. The van der Waals surface area contributed by atoms with Crippen LogP contribution in [-0.2, 0) is 9.53 Å². The number of aliphatic carboxylic acids is 1. The lowest BCUT2D eigenvalue weighted by molar-refractivity contribution is -0.148. The van der Waals surface area contributed by atoms with Crippen LogP contribution in [0.2, 0.25) is 0 Å². The van der Waals surface area contributed by atoms with Gasteiger partial charge in [0.15, 0.2) is 0 Å². The number of carboxylic acids is 1. The fraction of sp³-hybridized carbons (Fsp3) is 0.857. The van der Waals surface area contributed by atoms with Gasteiger partial charge in [0.25, 0.3) is 0 Å². The van der Waals surface area contributed by atoms with Gasteiger partial charge in [-0.1, -0.05) is 19.3 Å². The molecule has 114 valence electrons. The molecule has 2 amide bonds. The standard InChI is InChI=1S/C14H24N2O4/c17-12(18)14(6-8-20-9-7-14)16-13(19)15-10-11-4-2-1-3-5-11/h11H,1-10H2,(H,17,18)(H2,15,16,19). The van der Waals surface area contributed by atoms with Crippen LogP contribution in [0.1, 0.15) is 44.9 Å². The minimum absolute atomic E-state index is 0.319. The summed E-state index contributed by atoms with van der Waals surface area (Å²) in [4.78, 5) is 23.4. The molecule has 6 nitrogen and oxygen atoms in total. The molecule has 0 spiro atoms. The summed E-state index contributed by atoms with van der Waals surface area (Å²) in [6.07, 6.45) is 6.67. The van der Waals surface area contributed by atoms with E-state index in [1.54, 1.807) is 0 Å². The van der Waals surface area contributed by atoms with E-state index in [1.165, 1.54) is 19.3 Å². The average Bonchev–Trinajstić information content (AvgIpc) is 2.47. The minimum Gasteiger partial charge on any atom is -0.480 e. The highest BCUT2D eigenvalue weighted by atomic mass is 16.5. The van der Waals surface area contributed by atoms with E-state index in [-0.39, 0.29) is 6.03 Å². The lowest BCUT2D eigenvalue weighted by Gasteiger charge is -2.34. The van der Waals surface area contributed by atoms with Crippen LogP contribution in [0.5, 0.6) is 0 Å². The summed E-state index contributed by atoms with van der Waals surface area (Å²) in [6.45, 7) is 1.38. The summed E-state index contributed by atoms with van der Waals surface area (Å²) in [7, 11) is 0. The summed E-state index contributed by atoms with van der Waals surface area (Å²) in [6, 6.07) is -0.375. The van der Waals surface area contributed by atoms with Gasteiger partial charge >= 0.3 is 12.0 Å². The van der Waals surface area contributed by atoms with Crippen LogP contribution in [0, 0.1) is 5.92 Å². The first kappa shape index (κ1) is 15.1. The van der Waals surface area contributed by atoms with Crippen molar-refractivity contribution in [3.8, 4) is 0 Å². The zero-order valence-corrected chi connectivity index (χ0v) is 11.8. The van der Waals surface area contributed by atoms with Gasteiger partial charge < -0.3 is 20.5 Å². The van der Waals surface area contributed by atoms with Gasteiger partial charge in [0.05, 0.1) is 0 Å². The lowest BCUT2D eigenvalue weighted by atomic mass is 9.89. The average molecular weight is 284 g/mol. The highest BCUT2D eigenvalue weighted by Crippen LogP contribution is 2.23. The van der Waals surface area contributed by atoms with Crippen LogP contribution in [0.15, 0.2) is 0 Å². The van der Waals surface area contributed by atoms with Crippen LogP contribution in [-0.4, -0.2) is 42.4 Å². The van der Waals surface area contributed by atoms with Crippen molar-refractivity contribution in [2.24, 2.45) is 5.92 Å². The van der Waals surface area contributed by atoms with Gasteiger partial charge in [0, 0.05) is 32.6 Å². The van der Waals surface area contributed by atoms with Crippen molar-refractivity contribution in [2.75, 3.05) is 19.8 Å². The van der Waals surface area contributed by atoms with Crippen molar-refractivity contribution >= 4 is 12.0 Å².